The number of hydrazone groups is 1. The van der Waals surface area contributed by atoms with Gasteiger partial charge in [0.05, 0.1) is 6.21 Å². The Morgan fingerprint density at radius 1 is 1.44 bits per heavy atom. The first-order valence-electron chi connectivity index (χ1n) is 5.12. The predicted molar refractivity (Wildman–Crippen MR) is 78.9 cm³/mol. The first-order chi connectivity index (χ1) is 8.66. The number of aromatic hydroxyl groups is 1. The van der Waals surface area contributed by atoms with Gasteiger partial charge in [-0.1, -0.05) is 6.07 Å². The number of phenols is 1. The summed E-state index contributed by atoms with van der Waals surface area (Å²) in [5.74, 6) is 0.156. The fourth-order valence-corrected chi connectivity index (χ4v) is 2.20. The van der Waals surface area contributed by atoms with Crippen molar-refractivity contribution in [3.63, 3.8) is 0 Å². The van der Waals surface area contributed by atoms with E-state index in [9.17, 15) is 5.11 Å². The van der Waals surface area contributed by atoms with Crippen LogP contribution in [-0.4, -0.2) is 16.4 Å². The number of nitrogens with one attached hydrogen (secondary N) is 1. The third-order valence-corrected chi connectivity index (χ3v) is 3.22. The van der Waals surface area contributed by atoms with E-state index >= 15 is 0 Å². The number of nitrogens with zero attached hydrogens (tertiary/aromatic N) is 1. The minimum Gasteiger partial charge on any atom is -0.507 e. The van der Waals surface area contributed by atoms with Crippen molar-refractivity contribution in [2.24, 2.45) is 10.8 Å². The number of phenolic OH excluding ortho intramolecular Hbond substituents is 1. The van der Waals surface area contributed by atoms with Crippen LogP contribution in [0, 0.1) is 0 Å². The van der Waals surface area contributed by atoms with Gasteiger partial charge in [0.1, 0.15) is 5.75 Å². The van der Waals surface area contributed by atoms with Crippen LogP contribution in [0.25, 0.3) is 10.4 Å². The Labute approximate surface area is 114 Å². The number of rotatable bonds is 3. The fourth-order valence-electron chi connectivity index (χ4n) is 1.42. The van der Waals surface area contributed by atoms with E-state index in [1.165, 1.54) is 6.21 Å². The summed E-state index contributed by atoms with van der Waals surface area (Å²) in [6, 6.07) is 9.35. The van der Waals surface area contributed by atoms with Crippen LogP contribution in [0.2, 0.25) is 0 Å². The normalized spacial score (nSPS) is 10.7. The molecule has 1 aromatic carbocycles. The van der Waals surface area contributed by atoms with Crippen LogP contribution >= 0.6 is 23.6 Å². The summed E-state index contributed by atoms with van der Waals surface area (Å²) in [6.07, 6.45) is 1.48. The van der Waals surface area contributed by atoms with Crippen molar-refractivity contribution in [3.8, 4) is 16.2 Å². The molecule has 4 N–H and O–H groups in total. The van der Waals surface area contributed by atoms with Crippen LogP contribution in [0.5, 0.6) is 5.75 Å². The summed E-state index contributed by atoms with van der Waals surface area (Å²) in [7, 11) is 0. The molecule has 1 aromatic heterocycles. The van der Waals surface area contributed by atoms with Crippen molar-refractivity contribution in [2.45, 2.75) is 0 Å². The highest BCUT2D eigenvalue weighted by Crippen LogP contribution is 2.28. The zero-order valence-electron chi connectivity index (χ0n) is 9.33. The smallest absolute Gasteiger partial charge is 0.184 e. The first-order valence-corrected chi connectivity index (χ1v) is 6.41. The lowest BCUT2D eigenvalue weighted by Gasteiger charge is -2.02. The molecule has 18 heavy (non-hydrogen) atoms. The Morgan fingerprint density at radius 3 is 2.94 bits per heavy atom. The van der Waals surface area contributed by atoms with Gasteiger partial charge in [0.2, 0.25) is 0 Å². The molecule has 0 amide bonds. The van der Waals surface area contributed by atoms with Crippen molar-refractivity contribution in [1.82, 2.24) is 5.43 Å². The van der Waals surface area contributed by atoms with Gasteiger partial charge in [0.15, 0.2) is 5.11 Å². The maximum atomic E-state index is 9.72. The molecule has 0 bridgehead atoms. The Kier molecular flexibility index (Phi) is 3.91. The standard InChI is InChI=1S/C12H11N3OS2/c13-12(17)15-14-7-9-6-8(3-4-10(9)16)11-2-1-5-18-11/h1-7,16H,(H3,13,15,17)/b14-7+. The average molecular weight is 277 g/mol. The SMILES string of the molecule is NC(=S)N/N=C/c1cc(-c2cccs2)ccc1O. The van der Waals surface area contributed by atoms with E-state index in [0.717, 1.165) is 10.4 Å². The average Bonchev–Trinajstić information content (AvgIpc) is 2.84. The fraction of sp³-hybridized carbons (Fsp3) is 0. The molecule has 1 heterocycles. The quantitative estimate of drug-likeness (QED) is 0.457. The van der Waals surface area contributed by atoms with Gasteiger partial charge in [-0.15, -0.1) is 11.3 Å². The van der Waals surface area contributed by atoms with Gasteiger partial charge in [0.25, 0.3) is 0 Å². The molecule has 6 heteroatoms. The second-order valence-electron chi connectivity index (χ2n) is 3.49. The van der Waals surface area contributed by atoms with E-state index < -0.39 is 0 Å². The molecule has 0 spiro atoms. The van der Waals surface area contributed by atoms with Crippen LogP contribution in [0.1, 0.15) is 5.56 Å². The van der Waals surface area contributed by atoms with E-state index in [1.54, 1.807) is 17.4 Å². The highest BCUT2D eigenvalue weighted by atomic mass is 32.1. The molecule has 0 saturated heterocycles. The Bertz CT molecular complexity index is 579. The molecule has 0 atom stereocenters. The van der Waals surface area contributed by atoms with Crippen molar-refractivity contribution in [3.05, 3.63) is 41.3 Å². The minimum absolute atomic E-state index is 0.0835. The molecule has 2 aromatic rings. The number of benzene rings is 1. The van der Waals surface area contributed by atoms with E-state index in [0.29, 0.717) is 5.56 Å². The number of hydrogen-bond acceptors (Lipinski definition) is 4. The van der Waals surface area contributed by atoms with Crippen LogP contribution in [0.3, 0.4) is 0 Å². The highest BCUT2D eigenvalue weighted by Gasteiger charge is 2.03. The van der Waals surface area contributed by atoms with Gasteiger partial charge in [0, 0.05) is 10.4 Å². The number of thiophene rings is 1. The summed E-state index contributed by atoms with van der Waals surface area (Å²) in [6.45, 7) is 0. The lowest BCUT2D eigenvalue weighted by molar-refractivity contribution is 0.474. The zero-order valence-corrected chi connectivity index (χ0v) is 11.0. The third-order valence-electron chi connectivity index (χ3n) is 2.21. The Morgan fingerprint density at radius 2 is 2.28 bits per heavy atom. The molecular formula is C12H11N3OS2. The molecule has 0 saturated carbocycles. The summed E-state index contributed by atoms with van der Waals surface area (Å²) >= 11 is 6.26. The molecule has 0 aliphatic carbocycles. The number of thiocarbonyl (C=S) groups is 1. The van der Waals surface area contributed by atoms with Gasteiger partial charge in [-0.2, -0.15) is 5.10 Å². The minimum atomic E-state index is 0.0835. The van der Waals surface area contributed by atoms with E-state index in [-0.39, 0.29) is 10.9 Å². The second-order valence-corrected chi connectivity index (χ2v) is 4.87. The van der Waals surface area contributed by atoms with E-state index in [2.05, 4.69) is 22.7 Å². The maximum absolute atomic E-state index is 9.72. The van der Waals surface area contributed by atoms with Crippen molar-refractivity contribution >= 4 is 34.9 Å². The van der Waals surface area contributed by atoms with Gasteiger partial charge in [-0.05, 0) is 47.4 Å². The molecule has 0 aliphatic rings. The van der Waals surface area contributed by atoms with Gasteiger partial charge >= 0.3 is 0 Å². The van der Waals surface area contributed by atoms with Crippen molar-refractivity contribution < 1.29 is 5.11 Å². The molecule has 0 aliphatic heterocycles. The lowest BCUT2D eigenvalue weighted by atomic mass is 10.1. The Balaban J connectivity index is 2.27. The highest BCUT2D eigenvalue weighted by molar-refractivity contribution is 7.80. The molecule has 4 nitrogen and oxygen atoms in total. The summed E-state index contributed by atoms with van der Waals surface area (Å²) < 4.78 is 0. The van der Waals surface area contributed by atoms with Gasteiger partial charge in [-0.3, -0.25) is 5.43 Å². The summed E-state index contributed by atoms with van der Waals surface area (Å²) in [4.78, 5) is 1.13. The summed E-state index contributed by atoms with van der Waals surface area (Å²) in [5.41, 5.74) is 9.32. The predicted octanol–water partition coefficient (Wildman–Crippen LogP) is 2.29. The molecule has 0 radical (unpaired) electrons. The van der Waals surface area contributed by atoms with Gasteiger partial charge in [-0.25, -0.2) is 0 Å². The Hall–Kier alpha value is -1.92. The van der Waals surface area contributed by atoms with Crippen LogP contribution in [0.15, 0.2) is 40.8 Å². The molecule has 2 rings (SSSR count). The second kappa shape index (κ2) is 5.61. The van der Waals surface area contributed by atoms with Crippen LogP contribution < -0.4 is 11.2 Å². The third kappa shape index (κ3) is 3.06. The van der Waals surface area contributed by atoms with Crippen molar-refractivity contribution in [1.29, 1.82) is 0 Å². The molecular weight excluding hydrogens is 266 g/mol. The summed E-state index contributed by atoms with van der Waals surface area (Å²) in [5, 5.41) is 15.6. The largest absolute Gasteiger partial charge is 0.507 e. The van der Waals surface area contributed by atoms with Crippen molar-refractivity contribution in [2.75, 3.05) is 0 Å². The first kappa shape index (κ1) is 12.5. The van der Waals surface area contributed by atoms with Crippen LogP contribution in [-0.2, 0) is 0 Å². The van der Waals surface area contributed by atoms with Gasteiger partial charge < -0.3 is 10.8 Å². The molecule has 92 valence electrons. The maximum Gasteiger partial charge on any atom is 0.184 e. The molecule has 0 unspecified atom stereocenters. The molecule has 0 fully saturated rings. The number of nitrogens with two attached hydrogens (primary N) is 1. The zero-order chi connectivity index (χ0) is 13.0. The van der Waals surface area contributed by atoms with Crippen LogP contribution in [0.4, 0.5) is 0 Å². The lowest BCUT2D eigenvalue weighted by Crippen LogP contribution is -2.23. The van der Waals surface area contributed by atoms with E-state index in [4.69, 9.17) is 5.73 Å². The monoisotopic (exact) mass is 277 g/mol. The topological polar surface area (TPSA) is 70.6 Å². The number of hydrogen-bond donors (Lipinski definition) is 3. The van der Waals surface area contributed by atoms with E-state index in [1.807, 2.05) is 29.6 Å².